The van der Waals surface area contributed by atoms with Gasteiger partial charge in [0.1, 0.15) is 17.0 Å². The zero-order valence-electron chi connectivity index (χ0n) is 10.3. The number of nitrogens with zero attached hydrogens (tertiary/aromatic N) is 1. The first-order valence-electron chi connectivity index (χ1n) is 5.42. The topological polar surface area (TPSA) is 57.4 Å². The lowest BCUT2D eigenvalue weighted by molar-refractivity contribution is 0.409. The van der Waals surface area contributed by atoms with Crippen molar-refractivity contribution in [2.45, 2.75) is 13.5 Å². The molecule has 0 saturated heterocycles. The maximum Gasteiger partial charge on any atom is 0.145 e. The second-order valence-corrected chi connectivity index (χ2v) is 3.82. The molecular weight excluding hydrogens is 216 g/mol. The lowest BCUT2D eigenvalue weighted by Crippen LogP contribution is -2.02. The fourth-order valence-electron chi connectivity index (χ4n) is 2.00. The third-order valence-corrected chi connectivity index (χ3v) is 2.75. The SMILES string of the molecule is COc1ccc(OC)c2c(CN)cc(C)nc12. The van der Waals surface area contributed by atoms with Gasteiger partial charge in [0.25, 0.3) is 0 Å². The van der Waals surface area contributed by atoms with E-state index in [4.69, 9.17) is 15.2 Å². The number of ether oxygens (including phenoxy) is 2. The molecule has 0 aliphatic heterocycles. The first-order chi connectivity index (χ1) is 8.21. The minimum Gasteiger partial charge on any atom is -0.496 e. The Morgan fingerprint density at radius 1 is 1.18 bits per heavy atom. The van der Waals surface area contributed by atoms with Crippen LogP contribution in [0.25, 0.3) is 10.9 Å². The number of nitrogens with two attached hydrogens (primary N) is 1. The molecule has 0 aliphatic carbocycles. The Hall–Kier alpha value is -1.81. The van der Waals surface area contributed by atoms with Gasteiger partial charge >= 0.3 is 0 Å². The lowest BCUT2D eigenvalue weighted by Gasteiger charge is -2.13. The van der Waals surface area contributed by atoms with Gasteiger partial charge in [0.15, 0.2) is 0 Å². The number of aryl methyl sites for hydroxylation is 1. The summed E-state index contributed by atoms with van der Waals surface area (Å²) in [6, 6.07) is 5.70. The van der Waals surface area contributed by atoms with Crippen LogP contribution in [0.15, 0.2) is 18.2 Å². The molecule has 1 aromatic carbocycles. The molecule has 2 aromatic rings. The summed E-state index contributed by atoms with van der Waals surface area (Å²) in [6.07, 6.45) is 0. The van der Waals surface area contributed by atoms with E-state index < -0.39 is 0 Å². The first-order valence-corrected chi connectivity index (χ1v) is 5.42. The van der Waals surface area contributed by atoms with Gasteiger partial charge in [-0.15, -0.1) is 0 Å². The number of hydrogen-bond acceptors (Lipinski definition) is 4. The summed E-state index contributed by atoms with van der Waals surface area (Å²) in [5.74, 6) is 1.51. The van der Waals surface area contributed by atoms with Crippen molar-refractivity contribution in [2.24, 2.45) is 5.73 Å². The average Bonchev–Trinajstić information content (AvgIpc) is 2.36. The smallest absolute Gasteiger partial charge is 0.145 e. The summed E-state index contributed by atoms with van der Waals surface area (Å²) in [5.41, 5.74) is 8.51. The molecule has 90 valence electrons. The van der Waals surface area contributed by atoms with Gasteiger partial charge in [-0.2, -0.15) is 0 Å². The van der Waals surface area contributed by atoms with Crippen LogP contribution >= 0.6 is 0 Å². The molecule has 1 aromatic heterocycles. The van der Waals surface area contributed by atoms with Crippen LogP contribution in [-0.2, 0) is 6.54 Å². The summed E-state index contributed by atoms with van der Waals surface area (Å²) < 4.78 is 10.7. The third-order valence-electron chi connectivity index (χ3n) is 2.75. The summed E-state index contributed by atoms with van der Waals surface area (Å²) in [4.78, 5) is 4.50. The molecular formula is C13H16N2O2. The second-order valence-electron chi connectivity index (χ2n) is 3.82. The van der Waals surface area contributed by atoms with Crippen molar-refractivity contribution in [1.82, 2.24) is 4.98 Å². The van der Waals surface area contributed by atoms with E-state index >= 15 is 0 Å². The van der Waals surface area contributed by atoms with Crippen molar-refractivity contribution in [3.05, 3.63) is 29.5 Å². The largest absolute Gasteiger partial charge is 0.496 e. The van der Waals surface area contributed by atoms with E-state index in [0.717, 1.165) is 33.7 Å². The van der Waals surface area contributed by atoms with Crippen LogP contribution < -0.4 is 15.2 Å². The fraction of sp³-hybridized carbons (Fsp3) is 0.308. The standard InChI is InChI=1S/C13H16N2O2/c1-8-6-9(7-14)12-10(16-2)4-5-11(17-3)13(12)15-8/h4-6H,7,14H2,1-3H3. The van der Waals surface area contributed by atoms with Gasteiger partial charge in [0.05, 0.1) is 19.6 Å². The predicted molar refractivity (Wildman–Crippen MR) is 67.5 cm³/mol. The summed E-state index contributed by atoms with van der Waals surface area (Å²) >= 11 is 0. The minimum absolute atomic E-state index is 0.448. The number of aromatic nitrogens is 1. The average molecular weight is 232 g/mol. The van der Waals surface area contributed by atoms with Gasteiger partial charge in [0.2, 0.25) is 0 Å². The van der Waals surface area contributed by atoms with E-state index in [9.17, 15) is 0 Å². The Bertz CT molecular complexity index is 553. The van der Waals surface area contributed by atoms with E-state index in [1.807, 2.05) is 25.1 Å². The van der Waals surface area contributed by atoms with Gasteiger partial charge in [-0.05, 0) is 30.7 Å². The third kappa shape index (κ3) is 1.91. The molecule has 0 saturated carbocycles. The van der Waals surface area contributed by atoms with Crippen LogP contribution in [0.3, 0.4) is 0 Å². The number of pyridine rings is 1. The highest BCUT2D eigenvalue weighted by atomic mass is 16.5. The van der Waals surface area contributed by atoms with E-state index in [1.165, 1.54) is 0 Å². The Morgan fingerprint density at radius 2 is 1.82 bits per heavy atom. The number of benzene rings is 1. The Morgan fingerprint density at radius 3 is 2.41 bits per heavy atom. The highest BCUT2D eigenvalue weighted by molar-refractivity contribution is 5.93. The van der Waals surface area contributed by atoms with Crippen molar-refractivity contribution in [1.29, 1.82) is 0 Å². The summed E-state index contributed by atoms with van der Waals surface area (Å²) in [7, 11) is 3.27. The summed E-state index contributed by atoms with van der Waals surface area (Å²) in [5, 5.41) is 0.931. The monoisotopic (exact) mass is 232 g/mol. The molecule has 0 atom stereocenters. The molecule has 0 bridgehead atoms. The van der Waals surface area contributed by atoms with Gasteiger partial charge in [-0.25, -0.2) is 4.98 Å². The quantitative estimate of drug-likeness (QED) is 0.879. The number of methoxy groups -OCH3 is 2. The second kappa shape index (κ2) is 4.59. The van der Waals surface area contributed by atoms with Gasteiger partial charge < -0.3 is 15.2 Å². The molecule has 0 unspecified atom stereocenters. The van der Waals surface area contributed by atoms with Crippen LogP contribution in [0.5, 0.6) is 11.5 Å². The van der Waals surface area contributed by atoms with Gasteiger partial charge in [0, 0.05) is 12.2 Å². The molecule has 2 N–H and O–H groups in total. The summed E-state index contributed by atoms with van der Waals surface area (Å²) in [6.45, 7) is 2.39. The molecule has 17 heavy (non-hydrogen) atoms. The van der Waals surface area contributed by atoms with Crippen LogP contribution in [0.4, 0.5) is 0 Å². The van der Waals surface area contributed by atoms with Crippen molar-refractivity contribution in [3.63, 3.8) is 0 Å². The molecule has 0 aliphatic rings. The number of fused-ring (bicyclic) bond motifs is 1. The Kier molecular flexibility index (Phi) is 3.15. The van der Waals surface area contributed by atoms with Crippen molar-refractivity contribution < 1.29 is 9.47 Å². The highest BCUT2D eigenvalue weighted by Gasteiger charge is 2.12. The van der Waals surface area contributed by atoms with Crippen molar-refractivity contribution in [2.75, 3.05) is 14.2 Å². The molecule has 4 heteroatoms. The van der Waals surface area contributed by atoms with Crippen LogP contribution in [0, 0.1) is 6.92 Å². The van der Waals surface area contributed by atoms with Crippen LogP contribution in [0.1, 0.15) is 11.3 Å². The predicted octanol–water partition coefficient (Wildman–Crippen LogP) is 2.02. The lowest BCUT2D eigenvalue weighted by atomic mass is 10.1. The molecule has 0 amide bonds. The Labute approximate surface area is 100 Å². The zero-order chi connectivity index (χ0) is 12.4. The van der Waals surface area contributed by atoms with Crippen LogP contribution in [-0.4, -0.2) is 19.2 Å². The normalized spacial score (nSPS) is 10.6. The molecule has 1 heterocycles. The first kappa shape index (κ1) is 11.7. The highest BCUT2D eigenvalue weighted by Crippen LogP contribution is 2.34. The molecule has 0 fully saturated rings. The molecule has 0 spiro atoms. The minimum atomic E-state index is 0.448. The van der Waals surface area contributed by atoms with E-state index in [1.54, 1.807) is 14.2 Å². The van der Waals surface area contributed by atoms with Crippen LogP contribution in [0.2, 0.25) is 0 Å². The van der Waals surface area contributed by atoms with Crippen molar-refractivity contribution >= 4 is 10.9 Å². The maximum absolute atomic E-state index is 5.78. The molecule has 0 radical (unpaired) electrons. The number of hydrogen-bond donors (Lipinski definition) is 1. The molecule has 2 rings (SSSR count). The van der Waals surface area contributed by atoms with Gasteiger partial charge in [-0.3, -0.25) is 0 Å². The van der Waals surface area contributed by atoms with Crippen molar-refractivity contribution in [3.8, 4) is 11.5 Å². The van der Waals surface area contributed by atoms with E-state index in [-0.39, 0.29) is 0 Å². The maximum atomic E-state index is 5.78. The fourth-order valence-corrected chi connectivity index (χ4v) is 2.00. The Balaban J connectivity index is 2.89. The molecule has 4 nitrogen and oxygen atoms in total. The van der Waals surface area contributed by atoms with E-state index in [0.29, 0.717) is 6.54 Å². The zero-order valence-corrected chi connectivity index (χ0v) is 10.3. The van der Waals surface area contributed by atoms with E-state index in [2.05, 4.69) is 4.98 Å². The van der Waals surface area contributed by atoms with Gasteiger partial charge in [-0.1, -0.05) is 0 Å². The number of rotatable bonds is 3.